The molecule has 0 saturated carbocycles. The molecule has 1 amide bonds. The van der Waals surface area contributed by atoms with E-state index in [2.05, 4.69) is 10.6 Å². The molecule has 1 heterocycles. The minimum Gasteiger partial charge on any atom is -0.497 e. The van der Waals surface area contributed by atoms with E-state index in [1.54, 1.807) is 37.7 Å². The number of esters is 3. The molecule has 0 spiro atoms. The third-order valence-electron chi connectivity index (χ3n) is 7.24. The number of nitrogens with one attached hydrogen (secondary N) is 2. The number of unbranched alkanes of at least 4 members (excludes halogenated alkanes) is 1. The number of pyridine rings is 1. The van der Waals surface area contributed by atoms with E-state index in [0.29, 0.717) is 24.5 Å². The van der Waals surface area contributed by atoms with Gasteiger partial charge in [-0.25, -0.2) is 4.98 Å². The molecule has 0 fully saturated rings. The van der Waals surface area contributed by atoms with Gasteiger partial charge in [0.05, 0.1) is 69.8 Å². The van der Waals surface area contributed by atoms with E-state index in [1.807, 2.05) is 36.4 Å². The van der Waals surface area contributed by atoms with Crippen molar-refractivity contribution < 1.29 is 38.1 Å². The fourth-order valence-electron chi connectivity index (χ4n) is 5.04. The number of nitrogens with zero attached hydrogens (tertiary/aromatic N) is 3. The number of aromatic nitrogens is 1. The van der Waals surface area contributed by atoms with Gasteiger partial charge in [-0.15, -0.1) is 0 Å². The highest BCUT2D eigenvalue weighted by Gasteiger charge is 2.20. The third-order valence-corrected chi connectivity index (χ3v) is 7.48. The van der Waals surface area contributed by atoms with Crippen molar-refractivity contribution in [3.63, 3.8) is 0 Å². The first-order chi connectivity index (χ1) is 23.2. The smallest absolute Gasteiger partial charge is 0.320 e. The minimum atomic E-state index is -0.486. The summed E-state index contributed by atoms with van der Waals surface area (Å²) in [6.45, 7) is 6.79. The van der Waals surface area contributed by atoms with Crippen molar-refractivity contribution in [1.29, 1.82) is 0 Å². The lowest BCUT2D eigenvalue weighted by Crippen LogP contribution is -2.46. The van der Waals surface area contributed by atoms with Crippen LogP contribution in [0.3, 0.4) is 0 Å². The van der Waals surface area contributed by atoms with E-state index < -0.39 is 17.9 Å². The molecule has 14 heteroatoms. The number of methoxy groups -OCH3 is 1. The van der Waals surface area contributed by atoms with Crippen molar-refractivity contribution in [1.82, 2.24) is 20.1 Å². The number of hydrogen-bond donors (Lipinski definition) is 2. The maximum absolute atomic E-state index is 12.9. The molecule has 3 aromatic rings. The highest BCUT2D eigenvalue weighted by Crippen LogP contribution is 2.34. The Balaban J connectivity index is 1.55. The van der Waals surface area contributed by atoms with Gasteiger partial charge in [0.15, 0.2) is 0 Å². The third kappa shape index (κ3) is 12.4. The first kappa shape index (κ1) is 38.2. The van der Waals surface area contributed by atoms with E-state index in [4.69, 9.17) is 35.5 Å². The van der Waals surface area contributed by atoms with Crippen LogP contribution in [0.4, 0.5) is 5.69 Å². The van der Waals surface area contributed by atoms with Gasteiger partial charge in [-0.05, 0) is 70.0 Å². The van der Waals surface area contributed by atoms with Gasteiger partial charge in [0.1, 0.15) is 5.75 Å². The lowest BCUT2D eigenvalue weighted by atomic mass is 10.1. The van der Waals surface area contributed by atoms with E-state index >= 15 is 0 Å². The summed E-state index contributed by atoms with van der Waals surface area (Å²) < 4.78 is 20.6. The Morgan fingerprint density at radius 1 is 0.729 bits per heavy atom. The summed E-state index contributed by atoms with van der Waals surface area (Å²) in [5.41, 5.74) is 2.54. The summed E-state index contributed by atoms with van der Waals surface area (Å²) in [7, 11) is 1.62. The first-order valence-corrected chi connectivity index (χ1v) is 16.5. The number of carbonyl (C=O) groups excluding carboxylic acids is 4. The Hall–Kier alpha value is -4.20. The van der Waals surface area contributed by atoms with Crippen LogP contribution in [0.25, 0.3) is 21.8 Å². The molecule has 13 nitrogen and oxygen atoms in total. The Kier molecular flexibility index (Phi) is 16.1. The lowest BCUT2D eigenvalue weighted by molar-refractivity contribution is -0.149. The quantitative estimate of drug-likeness (QED) is 0.0729. The molecule has 0 aliphatic carbocycles. The molecule has 0 unspecified atom stereocenters. The van der Waals surface area contributed by atoms with Crippen molar-refractivity contribution in [2.24, 2.45) is 0 Å². The van der Waals surface area contributed by atoms with Crippen LogP contribution in [-0.2, 0) is 33.4 Å². The summed E-state index contributed by atoms with van der Waals surface area (Å²) in [6.07, 6.45) is 1.48. The summed E-state index contributed by atoms with van der Waals surface area (Å²) >= 11 is 6.24. The summed E-state index contributed by atoms with van der Waals surface area (Å²) in [5, 5.41) is 8.95. The summed E-state index contributed by atoms with van der Waals surface area (Å²) in [6, 6.07) is 11.4. The molecule has 0 aliphatic heterocycles. The van der Waals surface area contributed by atoms with Crippen LogP contribution in [0, 0.1) is 0 Å². The highest BCUT2D eigenvalue weighted by atomic mass is 35.5. The van der Waals surface area contributed by atoms with E-state index in [-0.39, 0.29) is 65.0 Å². The lowest BCUT2D eigenvalue weighted by Gasteiger charge is -2.25. The predicted octanol–water partition coefficient (Wildman–Crippen LogP) is 3.65. The molecule has 0 radical (unpaired) electrons. The molecule has 2 aromatic carbocycles. The van der Waals surface area contributed by atoms with Crippen molar-refractivity contribution in [2.45, 2.75) is 33.6 Å². The number of fused-ring (bicyclic) bond motifs is 2. The van der Waals surface area contributed by atoms with Gasteiger partial charge in [-0.3, -0.25) is 29.0 Å². The van der Waals surface area contributed by atoms with Crippen molar-refractivity contribution in [2.75, 3.05) is 84.6 Å². The monoisotopic (exact) mass is 687 g/mol. The molecular weight excluding hydrogens is 642 g/mol. The SMILES string of the molecule is CCOC(=O)CN(CCN(CC(=O)OCC)CC(=O)OCC)CC(=O)NCCCCNc1c2ccc(Cl)cc2nc2ccc(OC)cc12. The van der Waals surface area contributed by atoms with Crippen LogP contribution in [-0.4, -0.2) is 118 Å². The van der Waals surface area contributed by atoms with Crippen LogP contribution in [0.1, 0.15) is 33.6 Å². The molecule has 262 valence electrons. The molecular formula is C34H46ClN5O8. The molecule has 0 bridgehead atoms. The van der Waals surface area contributed by atoms with Crippen LogP contribution in [0.2, 0.25) is 5.02 Å². The zero-order valence-corrected chi connectivity index (χ0v) is 28.9. The summed E-state index contributed by atoms with van der Waals surface area (Å²) in [4.78, 5) is 57.4. The number of halogens is 1. The van der Waals surface area contributed by atoms with Gasteiger partial charge in [0.2, 0.25) is 5.91 Å². The number of benzene rings is 2. The predicted molar refractivity (Wildman–Crippen MR) is 184 cm³/mol. The number of rotatable bonds is 21. The summed E-state index contributed by atoms with van der Waals surface area (Å²) in [5.74, 6) is -0.980. The maximum atomic E-state index is 12.9. The van der Waals surface area contributed by atoms with Crippen LogP contribution >= 0.6 is 11.6 Å². The Bertz CT molecular complexity index is 1520. The van der Waals surface area contributed by atoms with E-state index in [0.717, 1.165) is 39.7 Å². The highest BCUT2D eigenvalue weighted by molar-refractivity contribution is 6.31. The maximum Gasteiger partial charge on any atom is 0.320 e. The van der Waals surface area contributed by atoms with Crippen LogP contribution in [0.15, 0.2) is 36.4 Å². The average molecular weight is 688 g/mol. The van der Waals surface area contributed by atoms with Gasteiger partial charge in [0.25, 0.3) is 0 Å². The van der Waals surface area contributed by atoms with Gasteiger partial charge >= 0.3 is 17.9 Å². The fraction of sp³-hybridized carbons (Fsp3) is 0.500. The normalized spacial score (nSPS) is 11.1. The zero-order chi connectivity index (χ0) is 34.9. The van der Waals surface area contributed by atoms with E-state index in [1.165, 1.54) is 0 Å². The first-order valence-electron chi connectivity index (χ1n) is 16.2. The van der Waals surface area contributed by atoms with Gasteiger partial charge < -0.3 is 29.6 Å². The molecule has 0 aliphatic rings. The van der Waals surface area contributed by atoms with Crippen LogP contribution < -0.4 is 15.4 Å². The Labute approximate surface area is 286 Å². The van der Waals surface area contributed by atoms with Crippen molar-refractivity contribution in [3.05, 3.63) is 41.4 Å². The number of carbonyl (C=O) groups is 4. The minimum absolute atomic E-state index is 0.0664. The van der Waals surface area contributed by atoms with Gasteiger partial charge in [-0.1, -0.05) is 11.6 Å². The largest absolute Gasteiger partial charge is 0.497 e. The van der Waals surface area contributed by atoms with Crippen molar-refractivity contribution >= 4 is 62.9 Å². The zero-order valence-electron chi connectivity index (χ0n) is 28.1. The topological polar surface area (TPSA) is 149 Å². The number of amides is 1. The second kappa shape index (κ2) is 20.2. The molecule has 48 heavy (non-hydrogen) atoms. The van der Waals surface area contributed by atoms with Crippen molar-refractivity contribution in [3.8, 4) is 5.75 Å². The Morgan fingerprint density at radius 3 is 1.90 bits per heavy atom. The number of hydrogen-bond acceptors (Lipinski definition) is 12. The Morgan fingerprint density at radius 2 is 1.31 bits per heavy atom. The average Bonchev–Trinajstić information content (AvgIpc) is 3.04. The molecule has 3 rings (SSSR count). The molecule has 0 atom stereocenters. The molecule has 0 saturated heterocycles. The van der Waals surface area contributed by atoms with Gasteiger partial charge in [0, 0.05) is 42.0 Å². The van der Waals surface area contributed by atoms with E-state index in [9.17, 15) is 19.2 Å². The van der Waals surface area contributed by atoms with Crippen LogP contribution in [0.5, 0.6) is 5.75 Å². The number of anilines is 1. The molecule has 1 aromatic heterocycles. The standard InChI is InChI=1S/C34H46ClN5O8/c1-5-46-31(42)21-39(16-17-40(22-32(43)47-6-2)23-33(44)48-7-3)20-30(41)36-14-8-9-15-37-34-26-12-10-24(35)18-29(26)38-28-13-11-25(45-4)19-27(28)34/h10-13,18-19H,5-9,14-17,20-23H2,1-4H3,(H,36,41)(H,37,38). The second-order valence-electron chi connectivity index (χ2n) is 10.9. The number of ether oxygens (including phenoxy) is 4. The fourth-order valence-corrected chi connectivity index (χ4v) is 5.21. The second-order valence-corrected chi connectivity index (χ2v) is 11.3. The van der Waals surface area contributed by atoms with Gasteiger partial charge in [-0.2, -0.15) is 0 Å². The molecule has 2 N–H and O–H groups in total.